The smallest absolute Gasteiger partial charge is 0.0824 e. The summed E-state index contributed by atoms with van der Waals surface area (Å²) in [6.45, 7) is 38.3. The van der Waals surface area contributed by atoms with E-state index in [1.54, 1.807) is 0 Å². The highest BCUT2D eigenvalue weighted by Gasteiger charge is 2.07. The van der Waals surface area contributed by atoms with Gasteiger partial charge in [-0.3, -0.25) is 18.7 Å². The van der Waals surface area contributed by atoms with Crippen molar-refractivity contribution in [2.75, 3.05) is 0 Å². The number of hydrogen-bond acceptors (Lipinski definition) is 8. The van der Waals surface area contributed by atoms with Gasteiger partial charge in [-0.25, -0.2) is 0 Å². The predicted octanol–water partition coefficient (Wildman–Crippen LogP) is 17.4. The fraction of sp³-hybridized carbons (Fsp3) is 0.765. The van der Waals surface area contributed by atoms with Crippen molar-refractivity contribution < 1.29 is 0 Å². The molecule has 0 aromatic carbocycles. The molecule has 0 radical (unpaired) electrons. The molecule has 0 bridgehead atoms. The molecule has 0 N–H and O–H groups in total. The number of rotatable bonds is 30. The van der Waals surface area contributed by atoms with Crippen LogP contribution in [0.1, 0.15) is 290 Å². The third-order valence-corrected chi connectivity index (χ3v) is 11.9. The Bertz CT molecular complexity index is 2350. The van der Waals surface area contributed by atoms with Gasteiger partial charge in [-0.15, -0.1) is 44.1 Å². The molecule has 0 amide bonds. The first-order valence-electron chi connectivity index (χ1n) is 30.6. The summed E-state index contributed by atoms with van der Waals surface area (Å²) in [5.74, 6) is 26.2. The molecule has 12 heteroatoms. The molecule has 4 aromatic heterocycles. The highest BCUT2D eigenvalue weighted by atomic mass is 15.4. The molecular formula is C68H120N12. The zero-order valence-electron chi connectivity index (χ0n) is 52.9. The van der Waals surface area contributed by atoms with E-state index in [1.807, 2.05) is 24.9 Å². The van der Waals surface area contributed by atoms with E-state index in [1.165, 1.54) is 109 Å². The van der Waals surface area contributed by atoms with E-state index >= 15 is 0 Å². The van der Waals surface area contributed by atoms with Crippen molar-refractivity contribution in [3.05, 3.63) is 47.6 Å². The number of aromatic nitrogens is 12. The standard InChI is InChI=1S/C18H31N3.C17H29N3.C16H27N3.C15H25N3.2CH4/c1-5-17-16-21(20-19-17)15-13-11-9-7-6-8-10-12-14-18(2,3)4;1-5-16-15-20(19-18-16)14-12-10-8-6-7-9-11-13-17(2,3)4;1-5-15-14-19(18-17-15)13-11-9-7-6-8-10-12-16(2,3)4;1-5-14-13-18(17-16-14)12-10-8-6-7-9-11-15(2,3)4;;/h16H,5-11,13,15H2,1-4H3;15H,5-10,12,14H2,1-4H3;14H,5-9,11,13H2,1-4H3;13H,5-8,10,12H2,1-4H3;2*1H4. The third kappa shape index (κ3) is 47.6. The second-order valence-electron chi connectivity index (χ2n) is 24.9. The number of aryl methyl sites for hydroxylation is 8. The molecule has 452 valence electrons. The fourth-order valence-corrected chi connectivity index (χ4v) is 7.47. The van der Waals surface area contributed by atoms with Gasteiger partial charge < -0.3 is 0 Å². The Kier molecular flexibility index (Phi) is 43.6. The molecule has 0 unspecified atom stereocenters. The van der Waals surface area contributed by atoms with Crippen LogP contribution in [-0.2, 0) is 51.9 Å². The number of unbranched alkanes of at least 4 members (excludes halogenated alkanes) is 18. The summed E-state index contributed by atoms with van der Waals surface area (Å²) < 4.78 is 7.84. The minimum Gasteiger partial charge on any atom is -0.252 e. The summed E-state index contributed by atoms with van der Waals surface area (Å²) in [5, 5.41) is 32.8. The highest BCUT2D eigenvalue weighted by molar-refractivity contribution is 5.09. The van der Waals surface area contributed by atoms with Crippen molar-refractivity contribution in [2.45, 2.75) is 319 Å². The summed E-state index contributed by atoms with van der Waals surface area (Å²) in [6, 6.07) is 0. The zero-order valence-corrected chi connectivity index (χ0v) is 52.9. The molecule has 0 fully saturated rings. The lowest BCUT2D eigenvalue weighted by Gasteiger charge is -2.06. The molecule has 0 aliphatic rings. The van der Waals surface area contributed by atoms with Gasteiger partial charge in [0.15, 0.2) is 0 Å². The molecular weight excluding hydrogens is 985 g/mol. The summed E-state index contributed by atoms with van der Waals surface area (Å²) >= 11 is 0. The van der Waals surface area contributed by atoms with Crippen molar-refractivity contribution >= 4 is 0 Å². The fourth-order valence-electron chi connectivity index (χ4n) is 7.47. The Balaban J connectivity index is 0. The molecule has 4 rings (SSSR count). The van der Waals surface area contributed by atoms with E-state index in [9.17, 15) is 0 Å². The second-order valence-corrected chi connectivity index (χ2v) is 24.9. The molecule has 0 aliphatic carbocycles. The summed E-state index contributed by atoms with van der Waals surface area (Å²) in [5.41, 5.74) is 4.91. The van der Waals surface area contributed by atoms with Crippen molar-refractivity contribution in [3.63, 3.8) is 0 Å². The zero-order chi connectivity index (χ0) is 58.0. The molecule has 0 saturated heterocycles. The van der Waals surface area contributed by atoms with Gasteiger partial charge in [0.05, 0.1) is 22.8 Å². The Labute approximate surface area is 493 Å². The topological polar surface area (TPSA) is 123 Å². The Morgan fingerprint density at radius 1 is 0.287 bits per heavy atom. The molecule has 0 atom stereocenters. The van der Waals surface area contributed by atoms with E-state index in [2.05, 4.69) is 218 Å². The number of hydrogen-bond donors (Lipinski definition) is 0. The normalized spacial score (nSPS) is 10.9. The summed E-state index contributed by atoms with van der Waals surface area (Å²) in [4.78, 5) is 0. The molecule has 0 aliphatic heterocycles. The van der Waals surface area contributed by atoms with Crippen molar-refractivity contribution in [3.8, 4) is 47.4 Å². The van der Waals surface area contributed by atoms with Crippen LogP contribution in [0.25, 0.3) is 0 Å². The average Bonchev–Trinajstić information content (AvgIpc) is 4.23. The lowest BCUT2D eigenvalue weighted by molar-refractivity contribution is 0.514. The first kappa shape index (κ1) is 76.9. The maximum absolute atomic E-state index is 4.13. The third-order valence-electron chi connectivity index (χ3n) is 11.9. The highest BCUT2D eigenvalue weighted by Crippen LogP contribution is 2.15. The molecule has 0 saturated carbocycles. The van der Waals surface area contributed by atoms with Crippen LogP contribution in [0.2, 0.25) is 0 Å². The first-order chi connectivity index (χ1) is 37.0. The average molecular weight is 1110 g/mol. The lowest BCUT2D eigenvalue weighted by Crippen LogP contribution is -1.99. The van der Waals surface area contributed by atoms with Gasteiger partial charge >= 0.3 is 0 Å². The van der Waals surface area contributed by atoms with E-state index in [0.717, 1.165) is 107 Å². The lowest BCUT2D eigenvalue weighted by atomic mass is 9.97. The summed E-state index contributed by atoms with van der Waals surface area (Å²) in [6.07, 6.45) is 38.6. The van der Waals surface area contributed by atoms with Gasteiger partial charge in [-0.2, -0.15) is 0 Å². The Hall–Kier alpha value is -5.20. The Morgan fingerprint density at radius 3 is 0.637 bits per heavy atom. The minimum absolute atomic E-state index is 0. The van der Waals surface area contributed by atoms with Gasteiger partial charge in [0.2, 0.25) is 0 Å². The Morgan fingerprint density at radius 2 is 0.463 bits per heavy atom. The van der Waals surface area contributed by atoms with Crippen LogP contribution in [0.15, 0.2) is 24.8 Å². The monoisotopic (exact) mass is 1100 g/mol. The molecule has 4 aromatic rings. The van der Waals surface area contributed by atoms with Crippen molar-refractivity contribution in [1.82, 2.24) is 60.0 Å². The van der Waals surface area contributed by atoms with Gasteiger partial charge in [-0.05, 0) is 160 Å². The van der Waals surface area contributed by atoms with E-state index in [4.69, 9.17) is 0 Å². The molecule has 4 heterocycles. The van der Waals surface area contributed by atoms with E-state index in [-0.39, 0.29) is 36.5 Å². The largest absolute Gasteiger partial charge is 0.252 e. The van der Waals surface area contributed by atoms with Crippen LogP contribution in [-0.4, -0.2) is 60.0 Å². The van der Waals surface area contributed by atoms with E-state index in [0.29, 0.717) is 0 Å². The second kappa shape index (κ2) is 45.4. The van der Waals surface area contributed by atoms with Crippen LogP contribution in [0, 0.1) is 69.0 Å². The van der Waals surface area contributed by atoms with Crippen LogP contribution < -0.4 is 0 Å². The maximum atomic E-state index is 4.13. The van der Waals surface area contributed by atoms with Crippen molar-refractivity contribution in [2.24, 2.45) is 21.7 Å². The maximum Gasteiger partial charge on any atom is 0.0824 e. The van der Waals surface area contributed by atoms with Crippen LogP contribution >= 0.6 is 0 Å². The number of nitrogens with zero attached hydrogens (tertiary/aromatic N) is 12. The molecule has 80 heavy (non-hydrogen) atoms. The van der Waals surface area contributed by atoms with Gasteiger partial charge in [0.1, 0.15) is 0 Å². The molecule has 12 nitrogen and oxygen atoms in total. The summed E-state index contributed by atoms with van der Waals surface area (Å²) in [7, 11) is 0. The quantitative estimate of drug-likeness (QED) is 0.0374. The molecule has 0 spiro atoms. The van der Waals surface area contributed by atoms with E-state index < -0.39 is 0 Å². The van der Waals surface area contributed by atoms with Crippen LogP contribution in [0.3, 0.4) is 0 Å². The predicted molar refractivity (Wildman–Crippen MR) is 342 cm³/mol. The van der Waals surface area contributed by atoms with Gasteiger partial charge in [0.25, 0.3) is 0 Å². The van der Waals surface area contributed by atoms with Crippen LogP contribution in [0.4, 0.5) is 0 Å². The van der Waals surface area contributed by atoms with Gasteiger partial charge in [-0.1, -0.05) is 151 Å². The van der Waals surface area contributed by atoms with Gasteiger partial charge in [0, 0.05) is 98.3 Å². The first-order valence-corrected chi connectivity index (χ1v) is 30.6. The minimum atomic E-state index is 0. The van der Waals surface area contributed by atoms with Crippen molar-refractivity contribution in [1.29, 1.82) is 0 Å². The van der Waals surface area contributed by atoms with Crippen LogP contribution in [0.5, 0.6) is 0 Å². The SMILES string of the molecule is C.C.CCc1cn(CCCCCC#CC(C)(C)C)nn1.CCc1cn(CCCCCCC#CC(C)(C)C)nn1.CCc1cn(CCCCCCCC#CC(C)(C)C)nn1.CCc1cn(CCCCCCCCC#CC(C)(C)C)nn1.